The van der Waals surface area contributed by atoms with Crippen molar-refractivity contribution in [3.05, 3.63) is 30.3 Å². The van der Waals surface area contributed by atoms with Gasteiger partial charge in [-0.2, -0.15) is 4.72 Å². The van der Waals surface area contributed by atoms with Gasteiger partial charge in [-0.05, 0) is 18.6 Å². The minimum atomic E-state index is -3.79. The molecule has 1 heterocycles. The van der Waals surface area contributed by atoms with E-state index in [1.807, 2.05) is 0 Å². The molecule has 104 valence electrons. The van der Waals surface area contributed by atoms with Gasteiger partial charge in [-0.25, -0.2) is 8.42 Å². The van der Waals surface area contributed by atoms with Crippen LogP contribution in [0.3, 0.4) is 0 Å². The molecule has 1 aliphatic heterocycles. The normalized spacial score (nSPS) is 16.8. The van der Waals surface area contributed by atoms with Gasteiger partial charge in [-0.1, -0.05) is 18.2 Å². The smallest absolute Gasteiger partial charge is 0.243 e. The van der Waals surface area contributed by atoms with Crippen LogP contribution in [-0.2, 0) is 14.8 Å². The summed E-state index contributed by atoms with van der Waals surface area (Å²) < 4.78 is 26.3. The number of nitrogens with one attached hydrogen (secondary N) is 1. The molecule has 19 heavy (non-hydrogen) atoms. The van der Waals surface area contributed by atoms with Crippen molar-refractivity contribution >= 4 is 15.9 Å². The zero-order valence-corrected chi connectivity index (χ0v) is 11.1. The van der Waals surface area contributed by atoms with Crippen molar-refractivity contribution in [1.82, 2.24) is 9.62 Å². The summed E-state index contributed by atoms with van der Waals surface area (Å²) in [7, 11) is -3.79. The van der Waals surface area contributed by atoms with Crippen molar-refractivity contribution < 1.29 is 18.3 Å². The first-order valence-electron chi connectivity index (χ1n) is 6.01. The number of sulfonamides is 1. The topological polar surface area (TPSA) is 86.7 Å². The van der Waals surface area contributed by atoms with E-state index in [1.54, 1.807) is 18.2 Å². The van der Waals surface area contributed by atoms with Crippen molar-refractivity contribution in [3.63, 3.8) is 0 Å². The molecule has 1 saturated heterocycles. The Bertz CT molecular complexity index is 540. The molecular formula is C12H16N2O4S. The highest BCUT2D eigenvalue weighted by Gasteiger charge is 2.31. The first-order chi connectivity index (χ1) is 9.04. The minimum absolute atomic E-state index is 0.0739. The molecule has 2 N–H and O–H groups in total. The molecule has 0 spiro atoms. The van der Waals surface area contributed by atoms with Gasteiger partial charge in [0.2, 0.25) is 15.9 Å². The SMILES string of the molecule is O=C(C(CO)NS(=O)(=O)c1ccccc1)N1CCC1. The van der Waals surface area contributed by atoms with Crippen LogP contribution in [0.1, 0.15) is 6.42 Å². The number of aliphatic hydroxyl groups excluding tert-OH is 1. The number of carbonyl (C=O) groups is 1. The molecule has 1 aliphatic rings. The molecule has 0 aromatic heterocycles. The van der Waals surface area contributed by atoms with Gasteiger partial charge in [-0.15, -0.1) is 0 Å². The molecule has 7 heteroatoms. The summed E-state index contributed by atoms with van der Waals surface area (Å²) in [6.45, 7) is 0.673. The second-order valence-electron chi connectivity index (χ2n) is 4.35. The summed E-state index contributed by atoms with van der Waals surface area (Å²) in [5, 5.41) is 9.20. The van der Waals surface area contributed by atoms with Crippen LogP contribution in [0, 0.1) is 0 Å². The number of rotatable bonds is 5. The second-order valence-corrected chi connectivity index (χ2v) is 6.06. The Kier molecular flexibility index (Phi) is 4.18. The number of hydrogen-bond acceptors (Lipinski definition) is 4. The van der Waals surface area contributed by atoms with Gasteiger partial charge in [0.25, 0.3) is 0 Å². The maximum Gasteiger partial charge on any atom is 0.243 e. The van der Waals surface area contributed by atoms with Gasteiger partial charge in [0.1, 0.15) is 6.04 Å². The molecule has 1 unspecified atom stereocenters. The maximum atomic E-state index is 12.0. The molecule has 0 radical (unpaired) electrons. The van der Waals surface area contributed by atoms with Crippen LogP contribution in [0.4, 0.5) is 0 Å². The third kappa shape index (κ3) is 3.12. The van der Waals surface area contributed by atoms with E-state index in [-0.39, 0.29) is 10.8 Å². The first kappa shape index (κ1) is 14.0. The molecule has 1 aromatic rings. The van der Waals surface area contributed by atoms with Crippen molar-refractivity contribution in [2.75, 3.05) is 19.7 Å². The molecule has 1 atom stereocenters. The largest absolute Gasteiger partial charge is 0.394 e. The Morgan fingerprint density at radius 3 is 2.42 bits per heavy atom. The number of nitrogens with zero attached hydrogens (tertiary/aromatic N) is 1. The molecule has 1 fully saturated rings. The summed E-state index contributed by atoms with van der Waals surface area (Å²) in [6, 6.07) is 6.65. The summed E-state index contributed by atoms with van der Waals surface area (Å²) >= 11 is 0. The first-order valence-corrected chi connectivity index (χ1v) is 7.50. The Morgan fingerprint density at radius 2 is 1.95 bits per heavy atom. The van der Waals surface area contributed by atoms with Gasteiger partial charge in [0.05, 0.1) is 11.5 Å². The van der Waals surface area contributed by atoms with E-state index in [0.717, 1.165) is 6.42 Å². The van der Waals surface area contributed by atoms with Gasteiger partial charge >= 0.3 is 0 Å². The average molecular weight is 284 g/mol. The summed E-state index contributed by atoms with van der Waals surface area (Å²) in [4.78, 5) is 13.5. The predicted octanol–water partition coefficient (Wildman–Crippen LogP) is -0.442. The number of benzene rings is 1. The minimum Gasteiger partial charge on any atom is -0.394 e. The summed E-state index contributed by atoms with van der Waals surface area (Å²) in [6.07, 6.45) is 0.912. The molecule has 6 nitrogen and oxygen atoms in total. The lowest BCUT2D eigenvalue weighted by atomic mass is 10.2. The fraction of sp³-hybridized carbons (Fsp3) is 0.417. The average Bonchev–Trinajstić information content (AvgIpc) is 2.35. The molecule has 2 rings (SSSR count). The molecule has 0 saturated carbocycles. The van der Waals surface area contributed by atoms with Crippen LogP contribution in [-0.4, -0.2) is 50.1 Å². The monoisotopic (exact) mass is 284 g/mol. The van der Waals surface area contributed by atoms with Crippen LogP contribution >= 0.6 is 0 Å². The van der Waals surface area contributed by atoms with Crippen LogP contribution in [0.15, 0.2) is 35.2 Å². The Hall–Kier alpha value is -1.44. The zero-order chi connectivity index (χ0) is 13.9. The highest BCUT2D eigenvalue weighted by molar-refractivity contribution is 7.89. The Labute approximate surface area is 112 Å². The van der Waals surface area contributed by atoms with Crippen molar-refractivity contribution in [2.45, 2.75) is 17.4 Å². The van der Waals surface area contributed by atoms with E-state index in [0.29, 0.717) is 13.1 Å². The molecule has 0 bridgehead atoms. The predicted molar refractivity (Wildman–Crippen MR) is 68.8 cm³/mol. The van der Waals surface area contributed by atoms with E-state index in [9.17, 15) is 18.3 Å². The number of likely N-dealkylation sites (tertiary alicyclic amines) is 1. The van der Waals surface area contributed by atoms with E-state index in [2.05, 4.69) is 4.72 Å². The van der Waals surface area contributed by atoms with Gasteiger partial charge in [0.15, 0.2) is 0 Å². The fourth-order valence-electron chi connectivity index (χ4n) is 1.78. The van der Waals surface area contributed by atoms with Crippen LogP contribution in [0.2, 0.25) is 0 Å². The number of aliphatic hydroxyl groups is 1. The van der Waals surface area contributed by atoms with Crippen LogP contribution < -0.4 is 4.72 Å². The van der Waals surface area contributed by atoms with Crippen LogP contribution in [0.5, 0.6) is 0 Å². The standard InChI is InChI=1S/C12H16N2O4S/c15-9-11(12(16)14-7-4-8-14)13-19(17,18)10-5-2-1-3-6-10/h1-3,5-6,11,13,15H,4,7-9H2. The number of amides is 1. The summed E-state index contributed by atoms with van der Waals surface area (Å²) in [5.74, 6) is -0.381. The lowest BCUT2D eigenvalue weighted by Gasteiger charge is -2.33. The maximum absolute atomic E-state index is 12.0. The molecule has 1 amide bonds. The fourth-order valence-corrected chi connectivity index (χ4v) is 2.98. The highest BCUT2D eigenvalue weighted by Crippen LogP contribution is 2.11. The number of hydrogen-bond donors (Lipinski definition) is 2. The van der Waals surface area contributed by atoms with Gasteiger partial charge in [0, 0.05) is 13.1 Å². The molecular weight excluding hydrogens is 268 g/mol. The molecule has 1 aromatic carbocycles. The molecule has 0 aliphatic carbocycles. The lowest BCUT2D eigenvalue weighted by Crippen LogP contribution is -2.54. The van der Waals surface area contributed by atoms with Gasteiger partial charge < -0.3 is 10.0 Å². The van der Waals surface area contributed by atoms with E-state index >= 15 is 0 Å². The number of carbonyl (C=O) groups excluding carboxylic acids is 1. The Morgan fingerprint density at radius 1 is 1.32 bits per heavy atom. The van der Waals surface area contributed by atoms with Crippen LogP contribution in [0.25, 0.3) is 0 Å². The zero-order valence-electron chi connectivity index (χ0n) is 10.3. The van der Waals surface area contributed by atoms with Crippen molar-refractivity contribution in [3.8, 4) is 0 Å². The summed E-state index contributed by atoms with van der Waals surface area (Å²) in [5.41, 5.74) is 0. The third-order valence-electron chi connectivity index (χ3n) is 3.00. The quantitative estimate of drug-likeness (QED) is 0.767. The van der Waals surface area contributed by atoms with Crippen molar-refractivity contribution in [1.29, 1.82) is 0 Å². The van der Waals surface area contributed by atoms with Gasteiger partial charge in [-0.3, -0.25) is 4.79 Å². The van der Waals surface area contributed by atoms with E-state index in [1.165, 1.54) is 17.0 Å². The van der Waals surface area contributed by atoms with E-state index in [4.69, 9.17) is 0 Å². The Balaban J connectivity index is 2.11. The highest BCUT2D eigenvalue weighted by atomic mass is 32.2. The van der Waals surface area contributed by atoms with Crippen molar-refractivity contribution in [2.24, 2.45) is 0 Å². The third-order valence-corrected chi connectivity index (χ3v) is 4.49. The lowest BCUT2D eigenvalue weighted by molar-refractivity contribution is -0.137. The van der Waals surface area contributed by atoms with E-state index < -0.39 is 22.7 Å². The second kappa shape index (κ2) is 5.68.